The smallest absolute Gasteiger partial charge is 0.545 e. The average Bonchev–Trinajstić information content (AvgIpc) is 3.67. The minimum Gasteiger partial charge on any atom is -0.545 e. The zero-order chi connectivity index (χ0) is 53.1. The van der Waals surface area contributed by atoms with Gasteiger partial charge in [0.1, 0.15) is 46.4 Å². The number of amides is 2. The number of halogens is 6. The van der Waals surface area contributed by atoms with Crippen LogP contribution in [0, 0.1) is 48.8 Å². The third-order valence-corrected chi connectivity index (χ3v) is 11.8. The Morgan fingerprint density at radius 1 is 0.534 bits per heavy atom. The molecule has 4 aromatic carbocycles. The van der Waals surface area contributed by atoms with Crippen LogP contribution < -0.4 is 30.3 Å². The van der Waals surface area contributed by atoms with Crippen LogP contribution in [0.1, 0.15) is 131 Å². The molecule has 2 amide bonds. The van der Waals surface area contributed by atoms with Crippen LogP contribution in [0.3, 0.4) is 0 Å². The van der Waals surface area contributed by atoms with Gasteiger partial charge in [-0.05, 0) is 74.9 Å². The van der Waals surface area contributed by atoms with Crippen molar-refractivity contribution in [3.8, 4) is 11.5 Å². The first-order chi connectivity index (χ1) is 34.1. The van der Waals surface area contributed by atoms with Crippen molar-refractivity contribution in [2.24, 2.45) is 0 Å². The number of aromatic carboxylic acids is 2. The third-order valence-electron chi connectivity index (χ3n) is 11.8. The fourth-order valence-corrected chi connectivity index (χ4v) is 8.68. The molecule has 0 saturated heterocycles. The van der Waals surface area contributed by atoms with Crippen LogP contribution >= 0.6 is 0 Å². The van der Waals surface area contributed by atoms with E-state index in [1.165, 1.54) is 38.1 Å². The minimum atomic E-state index is -1.76. The van der Waals surface area contributed by atoms with Gasteiger partial charge in [-0.25, -0.2) is 26.3 Å². The number of carbonyl (C=O) groups is 4. The predicted octanol–water partition coefficient (Wildman–Crippen LogP) is 8.67. The number of hydrogen-bond acceptors (Lipinski definition) is 8. The topological polar surface area (TPSA) is 167 Å². The maximum atomic E-state index is 14.3. The number of carboxylic acids is 2. The van der Waals surface area contributed by atoms with E-state index in [0.29, 0.717) is 94.7 Å². The normalized spacial score (nSPS) is 10.8. The Balaban J connectivity index is 0.000000312. The predicted molar refractivity (Wildman–Crippen MR) is 261 cm³/mol. The zero-order valence-corrected chi connectivity index (χ0v) is 44.2. The van der Waals surface area contributed by atoms with Crippen molar-refractivity contribution in [2.75, 3.05) is 23.8 Å². The molecule has 2 aromatic heterocycles. The molecule has 0 bridgehead atoms. The molecule has 19 heteroatoms. The second-order valence-corrected chi connectivity index (χ2v) is 17.0. The summed E-state index contributed by atoms with van der Waals surface area (Å²) >= 11 is 0. The fourth-order valence-electron chi connectivity index (χ4n) is 8.68. The molecule has 0 spiro atoms. The average molecular weight is 1040 g/mol. The van der Waals surface area contributed by atoms with Crippen molar-refractivity contribution in [3.63, 3.8) is 0 Å². The summed E-state index contributed by atoms with van der Waals surface area (Å²) in [6.45, 7) is 15.2. The Kier molecular flexibility index (Phi) is 21.6. The van der Waals surface area contributed by atoms with Crippen molar-refractivity contribution < 1.29 is 65.2 Å². The summed E-state index contributed by atoms with van der Waals surface area (Å²) in [6, 6.07) is 11.4. The van der Waals surface area contributed by atoms with Gasteiger partial charge in [-0.15, -0.1) is 0 Å². The maximum absolute atomic E-state index is 14.3. The quantitative estimate of drug-likeness (QED) is 0.0566. The van der Waals surface area contributed by atoms with Crippen molar-refractivity contribution in [2.45, 2.75) is 107 Å². The first kappa shape index (κ1) is 59.3. The molecule has 384 valence electrons. The molecule has 0 unspecified atom stereocenters. The minimum absolute atomic E-state index is 0. The van der Waals surface area contributed by atoms with Crippen LogP contribution in [0.4, 0.5) is 37.7 Å². The van der Waals surface area contributed by atoms with Gasteiger partial charge in [-0.1, -0.05) is 39.8 Å². The molecule has 0 aliphatic rings. The molecule has 0 fully saturated rings. The first-order valence-electron chi connectivity index (χ1n) is 23.3. The molecule has 73 heavy (non-hydrogen) atoms. The van der Waals surface area contributed by atoms with E-state index in [0.717, 1.165) is 36.4 Å². The molecule has 12 nitrogen and oxygen atoms in total. The standard InChI is InChI=1S/2C27H29F3N2O4.Ca/c2*1-5-9-36-24-13-19(28)8-7-17(24)14-32-15(3)21(26(23(32)6-2)31-16(4)33)11-18-10-20(29)12-22(30)25(18)27(34)35;/h2*7-8,10,12-13H,5-6,9,11,14H2,1-4H3,(H,31,33)(H,34,35);/q;;+2/p-2. The molecular formula is C54H56CaF6N4O8. The van der Waals surface area contributed by atoms with Gasteiger partial charge in [0.05, 0.1) is 49.6 Å². The summed E-state index contributed by atoms with van der Waals surface area (Å²) in [4.78, 5) is 47.3. The van der Waals surface area contributed by atoms with Crippen molar-refractivity contribution in [1.82, 2.24) is 9.13 Å². The van der Waals surface area contributed by atoms with Crippen LogP contribution in [0.15, 0.2) is 60.7 Å². The van der Waals surface area contributed by atoms with Gasteiger partial charge in [0.2, 0.25) is 11.8 Å². The van der Waals surface area contributed by atoms with E-state index in [1.807, 2.05) is 36.8 Å². The zero-order valence-electron chi connectivity index (χ0n) is 42.0. The van der Waals surface area contributed by atoms with Crippen molar-refractivity contribution in [3.05, 3.63) is 163 Å². The number of rotatable bonds is 20. The number of carbonyl (C=O) groups excluding carboxylic acids is 4. The molecule has 0 saturated carbocycles. The number of carboxylic acid groups (broad SMARTS) is 2. The summed E-state index contributed by atoms with van der Waals surface area (Å²) in [6.07, 6.45) is 2.10. The summed E-state index contributed by atoms with van der Waals surface area (Å²) in [7, 11) is 0. The van der Waals surface area contributed by atoms with Gasteiger partial charge in [0.15, 0.2) is 0 Å². The molecule has 2 N–H and O–H groups in total. The first-order valence-corrected chi connectivity index (χ1v) is 23.3. The van der Waals surface area contributed by atoms with Crippen molar-refractivity contribution >= 4 is 72.9 Å². The number of anilines is 2. The SMILES string of the molecule is CCCOc1cc(F)ccc1Cn1c(C)c(Cc2cc(F)cc(F)c2C(=O)[O-])c(NC(C)=O)c1CC.CCCOc1cc(F)ccc1Cn1c(C)c(Cc2cc(F)cc(F)c2C(=O)[O-])c(NC(C)=O)c1CC.[Ca+2]. The number of ether oxygens (including phenoxy) is 2. The molecule has 0 aliphatic carbocycles. The second kappa shape index (κ2) is 26.6. The van der Waals surface area contributed by atoms with Crippen LogP contribution in [0.5, 0.6) is 11.5 Å². The summed E-state index contributed by atoms with van der Waals surface area (Å²) in [5.74, 6) is -8.66. The van der Waals surface area contributed by atoms with E-state index in [9.17, 15) is 55.7 Å². The van der Waals surface area contributed by atoms with Gasteiger partial charge >= 0.3 is 37.7 Å². The number of aromatic nitrogens is 2. The van der Waals surface area contributed by atoms with E-state index in [1.54, 1.807) is 26.0 Å². The van der Waals surface area contributed by atoms with Crippen molar-refractivity contribution in [1.29, 1.82) is 0 Å². The Bertz CT molecular complexity index is 2810. The molecule has 2 heterocycles. The van der Waals surface area contributed by atoms with Gasteiger partial charge in [0.25, 0.3) is 0 Å². The van der Waals surface area contributed by atoms with Crippen LogP contribution in [0.25, 0.3) is 0 Å². The monoisotopic (exact) mass is 1040 g/mol. The Morgan fingerprint density at radius 3 is 1.19 bits per heavy atom. The Morgan fingerprint density at radius 2 is 0.890 bits per heavy atom. The Hall–Kier alpha value is -6.24. The third kappa shape index (κ3) is 14.5. The molecule has 0 aliphatic heterocycles. The van der Waals surface area contributed by atoms with Crippen LogP contribution in [0.2, 0.25) is 0 Å². The van der Waals surface area contributed by atoms with E-state index in [2.05, 4.69) is 10.6 Å². The molecule has 0 radical (unpaired) electrons. The molecule has 6 aromatic rings. The fraction of sp³-hybridized carbons (Fsp3) is 0.333. The Labute approximate surface area is 449 Å². The van der Waals surface area contributed by atoms with E-state index < -0.39 is 58.0 Å². The number of nitrogens with zero attached hydrogens (tertiary/aromatic N) is 2. The molecule has 6 rings (SSSR count). The van der Waals surface area contributed by atoms with Gasteiger partial charge < -0.3 is 49.0 Å². The number of benzene rings is 4. The van der Waals surface area contributed by atoms with Gasteiger partial charge in [-0.2, -0.15) is 0 Å². The molecule has 0 atom stereocenters. The van der Waals surface area contributed by atoms with Crippen LogP contribution in [-0.2, 0) is 48.4 Å². The van der Waals surface area contributed by atoms with Gasteiger partial charge in [-0.3, -0.25) is 9.59 Å². The van der Waals surface area contributed by atoms with E-state index >= 15 is 0 Å². The summed E-state index contributed by atoms with van der Waals surface area (Å²) < 4.78 is 99.8. The number of hydrogen-bond donors (Lipinski definition) is 2. The summed E-state index contributed by atoms with van der Waals surface area (Å²) in [5, 5.41) is 28.8. The summed E-state index contributed by atoms with van der Waals surface area (Å²) in [5.41, 5.74) is 4.33. The van der Waals surface area contributed by atoms with Crippen LogP contribution in [-0.4, -0.2) is 83.8 Å². The second-order valence-electron chi connectivity index (χ2n) is 17.0. The maximum Gasteiger partial charge on any atom is 2.00 e. The van der Waals surface area contributed by atoms with E-state index in [-0.39, 0.29) is 86.6 Å². The molecular weight excluding hydrogens is 987 g/mol. The van der Waals surface area contributed by atoms with E-state index in [4.69, 9.17) is 9.47 Å². The largest absolute Gasteiger partial charge is 2.00 e. The number of nitrogens with one attached hydrogen (secondary N) is 2. The van der Waals surface area contributed by atoms with Gasteiger partial charge in [0, 0.05) is 107 Å².